The van der Waals surface area contributed by atoms with Gasteiger partial charge in [-0.3, -0.25) is 4.79 Å². The van der Waals surface area contributed by atoms with E-state index in [-0.39, 0.29) is 36.1 Å². The fraction of sp³-hybridized carbons (Fsp3) is 0.545. The Balaban J connectivity index is 0.00000300. The highest BCUT2D eigenvalue weighted by molar-refractivity contribution is 5.97. The molecule has 1 amide bonds. The lowest BCUT2D eigenvalue weighted by atomic mass is 10.1. The minimum absolute atomic E-state index is 0. The van der Waals surface area contributed by atoms with Crippen molar-refractivity contribution in [3.8, 4) is 6.07 Å². The molecule has 0 N–H and O–H groups in total. The van der Waals surface area contributed by atoms with Crippen LogP contribution in [0.25, 0.3) is 0 Å². The summed E-state index contributed by atoms with van der Waals surface area (Å²) in [4.78, 5) is 19.0. The summed E-state index contributed by atoms with van der Waals surface area (Å²) in [6.07, 6.45) is 1.73. The SMILES string of the molecule is Cc1cccc(N2CCN(/C=C(/C#N)C(=O)N3CC(C)OC(C)C3)CC2)c1C.Cl. The van der Waals surface area contributed by atoms with Crippen LogP contribution in [0.2, 0.25) is 0 Å². The van der Waals surface area contributed by atoms with Gasteiger partial charge in [-0.05, 0) is 44.9 Å². The molecule has 3 rings (SSSR count). The molecule has 2 atom stereocenters. The molecule has 2 fully saturated rings. The molecule has 0 radical (unpaired) electrons. The maximum atomic E-state index is 12.8. The van der Waals surface area contributed by atoms with Crippen molar-refractivity contribution in [3.05, 3.63) is 41.1 Å². The fourth-order valence-corrected chi connectivity index (χ4v) is 4.00. The van der Waals surface area contributed by atoms with E-state index in [2.05, 4.69) is 47.9 Å². The van der Waals surface area contributed by atoms with Gasteiger partial charge in [0.2, 0.25) is 0 Å². The first-order chi connectivity index (χ1) is 13.4. The number of ether oxygens (including phenoxy) is 1. The van der Waals surface area contributed by atoms with Gasteiger partial charge in [0, 0.05) is 51.2 Å². The third-order valence-electron chi connectivity index (χ3n) is 5.60. The summed E-state index contributed by atoms with van der Waals surface area (Å²) in [5.74, 6) is -0.193. The number of halogens is 1. The van der Waals surface area contributed by atoms with Gasteiger partial charge in [0.25, 0.3) is 5.91 Å². The molecule has 1 aromatic carbocycles. The number of benzene rings is 1. The van der Waals surface area contributed by atoms with Gasteiger partial charge in [-0.15, -0.1) is 12.4 Å². The lowest BCUT2D eigenvalue weighted by Gasteiger charge is -2.37. The summed E-state index contributed by atoms with van der Waals surface area (Å²) >= 11 is 0. The molecule has 2 heterocycles. The van der Waals surface area contributed by atoms with Crippen LogP contribution >= 0.6 is 12.4 Å². The van der Waals surface area contributed by atoms with Crippen molar-refractivity contribution in [2.75, 3.05) is 44.2 Å². The Bertz CT molecular complexity index is 786. The normalized spacial score (nSPS) is 22.7. The second-order valence-corrected chi connectivity index (χ2v) is 7.86. The Morgan fingerprint density at radius 2 is 1.76 bits per heavy atom. The van der Waals surface area contributed by atoms with Crippen molar-refractivity contribution in [2.45, 2.75) is 39.9 Å². The summed E-state index contributed by atoms with van der Waals surface area (Å²) in [6.45, 7) is 12.6. The van der Waals surface area contributed by atoms with Gasteiger partial charge >= 0.3 is 0 Å². The number of amides is 1. The molecule has 0 aliphatic carbocycles. The number of carbonyl (C=O) groups is 1. The molecule has 0 bridgehead atoms. The van der Waals surface area contributed by atoms with Crippen LogP contribution in [0.3, 0.4) is 0 Å². The van der Waals surface area contributed by atoms with Crippen molar-refractivity contribution >= 4 is 24.0 Å². The Labute approximate surface area is 180 Å². The van der Waals surface area contributed by atoms with Gasteiger partial charge < -0.3 is 19.4 Å². The minimum atomic E-state index is -0.193. The van der Waals surface area contributed by atoms with Crippen LogP contribution in [-0.4, -0.2) is 67.2 Å². The van der Waals surface area contributed by atoms with Crippen LogP contribution < -0.4 is 4.90 Å². The number of carbonyl (C=O) groups excluding carboxylic acids is 1. The summed E-state index contributed by atoms with van der Waals surface area (Å²) in [6, 6.07) is 8.51. The van der Waals surface area contributed by atoms with Crippen molar-refractivity contribution in [1.29, 1.82) is 5.26 Å². The minimum Gasteiger partial charge on any atom is -0.373 e. The lowest BCUT2D eigenvalue weighted by Crippen LogP contribution is -2.49. The van der Waals surface area contributed by atoms with Crippen LogP contribution in [0.15, 0.2) is 30.0 Å². The van der Waals surface area contributed by atoms with E-state index in [0.29, 0.717) is 13.1 Å². The van der Waals surface area contributed by atoms with Crippen LogP contribution in [0.4, 0.5) is 5.69 Å². The highest BCUT2D eigenvalue weighted by atomic mass is 35.5. The number of hydrogen-bond donors (Lipinski definition) is 0. The molecule has 0 spiro atoms. The van der Waals surface area contributed by atoms with E-state index in [0.717, 1.165) is 26.2 Å². The van der Waals surface area contributed by atoms with Gasteiger partial charge in [0.15, 0.2) is 0 Å². The zero-order valence-electron chi connectivity index (χ0n) is 17.7. The maximum Gasteiger partial charge on any atom is 0.266 e. The highest BCUT2D eigenvalue weighted by Crippen LogP contribution is 2.24. The van der Waals surface area contributed by atoms with Crippen LogP contribution in [0.5, 0.6) is 0 Å². The third-order valence-corrected chi connectivity index (χ3v) is 5.60. The largest absolute Gasteiger partial charge is 0.373 e. The third kappa shape index (κ3) is 5.43. The first kappa shape index (κ1) is 23.1. The van der Waals surface area contributed by atoms with E-state index in [1.165, 1.54) is 16.8 Å². The van der Waals surface area contributed by atoms with Gasteiger partial charge in [-0.2, -0.15) is 5.26 Å². The van der Waals surface area contributed by atoms with E-state index in [4.69, 9.17) is 4.74 Å². The number of piperazine rings is 1. The number of nitrogens with zero attached hydrogens (tertiary/aromatic N) is 4. The van der Waals surface area contributed by atoms with Crippen molar-refractivity contribution < 1.29 is 9.53 Å². The van der Waals surface area contributed by atoms with E-state index in [1.807, 2.05) is 13.8 Å². The summed E-state index contributed by atoms with van der Waals surface area (Å²) in [7, 11) is 0. The monoisotopic (exact) mass is 418 g/mol. The number of rotatable bonds is 3. The number of anilines is 1. The average molecular weight is 419 g/mol. The first-order valence-corrected chi connectivity index (χ1v) is 10.0. The topological polar surface area (TPSA) is 59.8 Å². The van der Waals surface area contributed by atoms with Gasteiger partial charge in [-0.1, -0.05) is 12.1 Å². The summed E-state index contributed by atoms with van der Waals surface area (Å²) in [5, 5.41) is 9.55. The Kier molecular flexibility index (Phi) is 7.95. The van der Waals surface area contributed by atoms with E-state index >= 15 is 0 Å². The summed E-state index contributed by atoms with van der Waals surface area (Å²) < 4.78 is 5.69. The number of morpholine rings is 1. The van der Waals surface area contributed by atoms with Gasteiger partial charge in [0.05, 0.1) is 12.2 Å². The fourth-order valence-electron chi connectivity index (χ4n) is 4.00. The molecule has 29 heavy (non-hydrogen) atoms. The summed E-state index contributed by atoms with van der Waals surface area (Å²) in [5.41, 5.74) is 4.10. The molecular formula is C22H31ClN4O2. The smallest absolute Gasteiger partial charge is 0.266 e. The number of nitriles is 1. The van der Waals surface area contributed by atoms with Crippen LogP contribution in [0.1, 0.15) is 25.0 Å². The van der Waals surface area contributed by atoms with Gasteiger partial charge in [0.1, 0.15) is 11.6 Å². The maximum absolute atomic E-state index is 12.8. The molecule has 0 saturated carbocycles. The Morgan fingerprint density at radius 3 is 2.34 bits per heavy atom. The zero-order valence-corrected chi connectivity index (χ0v) is 18.5. The molecule has 158 valence electrons. The quantitative estimate of drug-likeness (QED) is 0.558. The standard InChI is InChI=1S/C22H30N4O2.ClH/c1-16-6-5-7-21(19(16)4)25-10-8-24(9-11-25)15-20(12-23)22(27)26-13-17(2)28-18(3)14-26;/h5-7,15,17-18H,8-11,13-14H2,1-4H3;1H/b20-15-;. The van der Waals surface area contributed by atoms with Gasteiger partial charge in [-0.25, -0.2) is 0 Å². The average Bonchev–Trinajstić information content (AvgIpc) is 2.67. The van der Waals surface area contributed by atoms with Crippen molar-refractivity contribution in [1.82, 2.24) is 9.80 Å². The molecule has 7 heteroatoms. The first-order valence-electron chi connectivity index (χ1n) is 10.0. The van der Waals surface area contributed by atoms with Crippen LogP contribution in [0, 0.1) is 25.2 Å². The molecular weight excluding hydrogens is 388 g/mol. The second kappa shape index (κ2) is 10.00. The predicted octanol–water partition coefficient (Wildman–Crippen LogP) is 2.89. The molecule has 2 unspecified atom stereocenters. The zero-order chi connectivity index (χ0) is 20.3. The molecule has 0 aromatic heterocycles. The Morgan fingerprint density at radius 1 is 1.14 bits per heavy atom. The number of aryl methyl sites for hydroxylation is 1. The highest BCUT2D eigenvalue weighted by Gasteiger charge is 2.28. The second-order valence-electron chi connectivity index (χ2n) is 7.86. The Hall–Kier alpha value is -2.23. The van der Waals surface area contributed by atoms with E-state index in [9.17, 15) is 10.1 Å². The molecule has 2 aliphatic heterocycles. The lowest BCUT2D eigenvalue weighted by molar-refractivity contribution is -0.138. The van der Waals surface area contributed by atoms with E-state index in [1.54, 1.807) is 11.1 Å². The molecule has 2 aliphatic rings. The van der Waals surface area contributed by atoms with Crippen LogP contribution in [-0.2, 0) is 9.53 Å². The molecule has 2 saturated heterocycles. The molecule has 6 nitrogen and oxygen atoms in total. The van der Waals surface area contributed by atoms with E-state index < -0.39 is 0 Å². The number of hydrogen-bond acceptors (Lipinski definition) is 5. The molecule has 1 aromatic rings. The predicted molar refractivity (Wildman–Crippen MR) is 117 cm³/mol. The van der Waals surface area contributed by atoms with Crippen molar-refractivity contribution in [3.63, 3.8) is 0 Å². The van der Waals surface area contributed by atoms with Crippen molar-refractivity contribution in [2.24, 2.45) is 0 Å².